The zero-order chi connectivity index (χ0) is 19.1. The number of methoxy groups -OCH3 is 1. The Morgan fingerprint density at radius 2 is 1.70 bits per heavy atom. The molecule has 4 heteroatoms. The van der Waals surface area contributed by atoms with E-state index in [0.717, 1.165) is 23.5 Å². The van der Waals surface area contributed by atoms with Crippen molar-refractivity contribution in [1.82, 2.24) is 9.80 Å². The summed E-state index contributed by atoms with van der Waals surface area (Å²) in [6.45, 7) is 8.53. The van der Waals surface area contributed by atoms with Gasteiger partial charge in [-0.1, -0.05) is 23.8 Å². The van der Waals surface area contributed by atoms with Crippen molar-refractivity contribution in [3.8, 4) is 11.5 Å². The Bertz CT molecular complexity index is 707. The first-order valence-electron chi connectivity index (χ1n) is 9.90. The number of benzene rings is 2. The zero-order valence-electron chi connectivity index (χ0n) is 16.9. The maximum absolute atomic E-state index is 5.96. The number of nitrogens with zero attached hydrogens (tertiary/aromatic N) is 2. The van der Waals surface area contributed by atoms with Crippen LogP contribution in [0.4, 0.5) is 0 Å². The second kappa shape index (κ2) is 9.77. The lowest BCUT2D eigenvalue weighted by Crippen LogP contribution is -2.44. The van der Waals surface area contributed by atoms with Crippen LogP contribution in [0.2, 0.25) is 0 Å². The molecule has 1 aliphatic rings. The minimum atomic E-state index is 0.526. The van der Waals surface area contributed by atoms with Crippen LogP contribution in [-0.2, 0) is 13.0 Å². The van der Waals surface area contributed by atoms with Crippen molar-refractivity contribution in [1.29, 1.82) is 0 Å². The average molecular weight is 369 g/mol. The molecule has 0 aliphatic carbocycles. The largest absolute Gasteiger partial charge is 0.496 e. The first-order valence-corrected chi connectivity index (χ1v) is 9.90. The van der Waals surface area contributed by atoms with Gasteiger partial charge in [-0.25, -0.2) is 0 Å². The molecule has 0 saturated carbocycles. The Hall–Kier alpha value is -2.04. The normalized spacial score (nSPS) is 15.7. The van der Waals surface area contributed by atoms with Crippen molar-refractivity contribution in [2.24, 2.45) is 0 Å². The number of hydrogen-bond acceptors (Lipinski definition) is 4. The molecule has 0 amide bonds. The molecule has 2 aromatic rings. The molecule has 4 nitrogen and oxygen atoms in total. The Kier molecular flexibility index (Phi) is 7.13. The Balaban J connectivity index is 1.53. The minimum absolute atomic E-state index is 0.526. The molecule has 0 bridgehead atoms. The third kappa shape index (κ3) is 5.98. The number of likely N-dealkylation sites (N-methyl/N-ethyl adjacent to an activating group) is 1. The van der Waals surface area contributed by atoms with Crippen LogP contribution in [0.15, 0.2) is 42.5 Å². The van der Waals surface area contributed by atoms with Gasteiger partial charge in [0, 0.05) is 31.7 Å². The van der Waals surface area contributed by atoms with Crippen molar-refractivity contribution in [3.63, 3.8) is 0 Å². The van der Waals surface area contributed by atoms with Crippen LogP contribution < -0.4 is 9.47 Å². The van der Waals surface area contributed by atoms with Gasteiger partial charge in [0.05, 0.1) is 7.11 Å². The van der Waals surface area contributed by atoms with Crippen molar-refractivity contribution in [3.05, 3.63) is 59.2 Å². The molecule has 0 N–H and O–H groups in total. The maximum atomic E-state index is 5.96. The van der Waals surface area contributed by atoms with Gasteiger partial charge in [0.2, 0.25) is 0 Å². The molecule has 146 valence electrons. The fraction of sp³-hybridized carbons (Fsp3) is 0.478. The van der Waals surface area contributed by atoms with Crippen LogP contribution >= 0.6 is 0 Å². The van der Waals surface area contributed by atoms with E-state index in [2.05, 4.69) is 54.1 Å². The van der Waals surface area contributed by atoms with Gasteiger partial charge in [-0.05, 0) is 63.2 Å². The lowest BCUT2D eigenvalue weighted by molar-refractivity contribution is 0.153. The summed E-state index contributed by atoms with van der Waals surface area (Å²) >= 11 is 0. The third-order valence-corrected chi connectivity index (χ3v) is 5.30. The van der Waals surface area contributed by atoms with E-state index in [1.807, 2.05) is 12.1 Å². The molecule has 1 heterocycles. The summed E-state index contributed by atoms with van der Waals surface area (Å²) in [6.07, 6.45) is 2.28. The van der Waals surface area contributed by atoms with Gasteiger partial charge in [-0.2, -0.15) is 0 Å². The lowest BCUT2D eigenvalue weighted by atomic mass is 10.1. The number of rotatable bonds is 8. The summed E-state index contributed by atoms with van der Waals surface area (Å²) in [5, 5.41) is 0. The van der Waals surface area contributed by atoms with Gasteiger partial charge >= 0.3 is 0 Å². The summed E-state index contributed by atoms with van der Waals surface area (Å²) in [6, 6.07) is 14.7. The van der Waals surface area contributed by atoms with E-state index in [0.29, 0.717) is 6.61 Å². The number of piperazine rings is 1. The molecule has 27 heavy (non-hydrogen) atoms. The topological polar surface area (TPSA) is 24.9 Å². The second-order valence-electron chi connectivity index (χ2n) is 7.50. The lowest BCUT2D eigenvalue weighted by Gasteiger charge is -2.32. The summed E-state index contributed by atoms with van der Waals surface area (Å²) < 4.78 is 11.5. The SMILES string of the molecule is COc1ccc(CCCN2CCN(C)CC2)cc1COc1ccc(C)cc1. The van der Waals surface area contributed by atoms with Gasteiger partial charge < -0.3 is 19.3 Å². The second-order valence-corrected chi connectivity index (χ2v) is 7.50. The van der Waals surface area contributed by atoms with E-state index in [1.165, 1.54) is 50.3 Å². The molecule has 2 aromatic carbocycles. The van der Waals surface area contributed by atoms with E-state index in [9.17, 15) is 0 Å². The highest BCUT2D eigenvalue weighted by Crippen LogP contribution is 2.23. The number of hydrogen-bond donors (Lipinski definition) is 0. The molecule has 3 rings (SSSR count). The van der Waals surface area contributed by atoms with Crippen LogP contribution in [0.5, 0.6) is 11.5 Å². The summed E-state index contributed by atoms with van der Waals surface area (Å²) in [7, 11) is 3.92. The first-order chi connectivity index (χ1) is 13.1. The molecule has 1 aliphatic heterocycles. The van der Waals surface area contributed by atoms with E-state index in [-0.39, 0.29) is 0 Å². The first kappa shape index (κ1) is 19.7. The Labute approximate surface area is 163 Å². The van der Waals surface area contributed by atoms with Crippen LogP contribution in [0, 0.1) is 6.92 Å². The van der Waals surface area contributed by atoms with Crippen molar-refractivity contribution in [2.45, 2.75) is 26.4 Å². The van der Waals surface area contributed by atoms with E-state index in [4.69, 9.17) is 9.47 Å². The molecule has 1 fully saturated rings. The summed E-state index contributed by atoms with van der Waals surface area (Å²) in [5.41, 5.74) is 3.70. The maximum Gasteiger partial charge on any atom is 0.125 e. The predicted octanol–water partition coefficient (Wildman–Crippen LogP) is 3.76. The molecule has 0 spiro atoms. The highest BCUT2D eigenvalue weighted by Gasteiger charge is 2.13. The van der Waals surface area contributed by atoms with Gasteiger partial charge in [-0.3, -0.25) is 0 Å². The van der Waals surface area contributed by atoms with Crippen LogP contribution in [0.3, 0.4) is 0 Å². The van der Waals surface area contributed by atoms with Crippen molar-refractivity contribution in [2.75, 3.05) is 46.9 Å². The quantitative estimate of drug-likeness (QED) is 0.708. The van der Waals surface area contributed by atoms with Gasteiger partial charge in [0.15, 0.2) is 0 Å². The van der Waals surface area contributed by atoms with Crippen LogP contribution in [0.25, 0.3) is 0 Å². The van der Waals surface area contributed by atoms with E-state index < -0.39 is 0 Å². The summed E-state index contributed by atoms with van der Waals surface area (Å²) in [5.74, 6) is 1.79. The molecule has 0 unspecified atom stereocenters. The van der Waals surface area contributed by atoms with Crippen molar-refractivity contribution >= 4 is 0 Å². The Morgan fingerprint density at radius 1 is 0.963 bits per heavy atom. The van der Waals surface area contributed by atoms with Crippen molar-refractivity contribution < 1.29 is 9.47 Å². The minimum Gasteiger partial charge on any atom is -0.496 e. The smallest absolute Gasteiger partial charge is 0.125 e. The number of aryl methyl sites for hydroxylation is 2. The molecule has 0 atom stereocenters. The summed E-state index contributed by atoms with van der Waals surface area (Å²) in [4.78, 5) is 4.98. The molecular weight excluding hydrogens is 336 g/mol. The fourth-order valence-corrected chi connectivity index (χ4v) is 3.47. The highest BCUT2D eigenvalue weighted by atomic mass is 16.5. The molecular formula is C23H32N2O2. The van der Waals surface area contributed by atoms with E-state index in [1.54, 1.807) is 7.11 Å². The highest BCUT2D eigenvalue weighted by molar-refractivity contribution is 5.37. The number of ether oxygens (including phenoxy) is 2. The van der Waals surface area contributed by atoms with Gasteiger partial charge in [0.25, 0.3) is 0 Å². The van der Waals surface area contributed by atoms with Gasteiger partial charge in [-0.15, -0.1) is 0 Å². The van der Waals surface area contributed by atoms with E-state index >= 15 is 0 Å². The monoisotopic (exact) mass is 368 g/mol. The van der Waals surface area contributed by atoms with Gasteiger partial charge in [0.1, 0.15) is 18.1 Å². The Morgan fingerprint density at radius 3 is 2.41 bits per heavy atom. The predicted molar refractivity (Wildman–Crippen MR) is 111 cm³/mol. The fourth-order valence-electron chi connectivity index (χ4n) is 3.47. The standard InChI is InChI=1S/C23H32N2O2/c1-19-6-9-22(10-7-19)27-18-21-17-20(8-11-23(21)26-3)5-4-12-25-15-13-24(2)14-16-25/h6-11,17H,4-5,12-16,18H2,1-3H3. The molecule has 1 saturated heterocycles. The van der Waals surface area contributed by atoms with Crippen LogP contribution in [-0.4, -0.2) is 56.7 Å². The zero-order valence-corrected chi connectivity index (χ0v) is 16.9. The molecule has 0 radical (unpaired) electrons. The van der Waals surface area contributed by atoms with Crippen LogP contribution in [0.1, 0.15) is 23.1 Å². The average Bonchev–Trinajstić information content (AvgIpc) is 2.69. The molecule has 0 aromatic heterocycles. The third-order valence-electron chi connectivity index (χ3n) is 5.30.